The highest BCUT2D eigenvalue weighted by Crippen LogP contribution is 2.23. The fourth-order valence-corrected chi connectivity index (χ4v) is 3.00. The minimum Gasteiger partial charge on any atom is -0.366 e. The van der Waals surface area contributed by atoms with Crippen LogP contribution in [0.5, 0.6) is 0 Å². The van der Waals surface area contributed by atoms with E-state index in [-0.39, 0.29) is 17.5 Å². The van der Waals surface area contributed by atoms with E-state index in [4.69, 9.17) is 17.3 Å². The average Bonchev–Trinajstić information content (AvgIpc) is 2.64. The second-order valence-electron chi connectivity index (χ2n) is 5.87. The zero-order chi connectivity index (χ0) is 17.8. The Kier molecular flexibility index (Phi) is 5.14. The molecule has 0 saturated carbocycles. The Morgan fingerprint density at radius 3 is 2.48 bits per heavy atom. The van der Waals surface area contributed by atoms with Crippen molar-refractivity contribution in [2.75, 3.05) is 18.4 Å². The molecule has 1 saturated heterocycles. The summed E-state index contributed by atoms with van der Waals surface area (Å²) in [6.45, 7) is 1.30. The molecule has 1 aliphatic rings. The number of piperidine rings is 1. The van der Waals surface area contributed by atoms with Gasteiger partial charge in [-0.05, 0) is 31.0 Å². The zero-order valence-electron chi connectivity index (χ0n) is 13.5. The molecule has 2 aromatic rings. The summed E-state index contributed by atoms with van der Waals surface area (Å²) >= 11 is 6.15. The fraction of sp³-hybridized carbons (Fsp3) is 0.294. The summed E-state index contributed by atoms with van der Waals surface area (Å²) in [6.07, 6.45) is 6.20. The summed E-state index contributed by atoms with van der Waals surface area (Å²) in [5.41, 5.74) is 6.13. The number of carbonyl (C=O) groups is 2. The van der Waals surface area contributed by atoms with Gasteiger partial charge in [-0.2, -0.15) is 0 Å². The van der Waals surface area contributed by atoms with Gasteiger partial charge in [0.15, 0.2) is 0 Å². The van der Waals surface area contributed by atoms with Crippen LogP contribution in [-0.2, 0) is 0 Å². The van der Waals surface area contributed by atoms with Gasteiger partial charge in [-0.15, -0.1) is 0 Å². The Hall–Kier alpha value is -2.67. The van der Waals surface area contributed by atoms with Gasteiger partial charge in [0.05, 0.1) is 10.6 Å². The SMILES string of the molecule is NC(=O)c1cnc(NC2CCN(C(=O)c3ccncc3)CC2)c(Cl)c1. The number of nitrogens with zero attached hydrogens (tertiary/aromatic N) is 3. The van der Waals surface area contributed by atoms with Crippen LogP contribution in [0.4, 0.5) is 5.82 Å². The van der Waals surface area contributed by atoms with Crippen molar-refractivity contribution in [3.63, 3.8) is 0 Å². The molecule has 1 aliphatic heterocycles. The summed E-state index contributed by atoms with van der Waals surface area (Å²) in [5, 5.41) is 3.62. The first-order valence-corrected chi connectivity index (χ1v) is 8.33. The van der Waals surface area contributed by atoms with E-state index >= 15 is 0 Å². The lowest BCUT2D eigenvalue weighted by molar-refractivity contribution is 0.0718. The van der Waals surface area contributed by atoms with Crippen molar-refractivity contribution in [3.05, 3.63) is 52.9 Å². The largest absolute Gasteiger partial charge is 0.366 e. The van der Waals surface area contributed by atoms with Crippen molar-refractivity contribution in [1.82, 2.24) is 14.9 Å². The smallest absolute Gasteiger partial charge is 0.253 e. The van der Waals surface area contributed by atoms with Crippen LogP contribution in [0.15, 0.2) is 36.8 Å². The molecular formula is C17H18ClN5O2. The van der Waals surface area contributed by atoms with Gasteiger partial charge in [-0.25, -0.2) is 4.98 Å². The average molecular weight is 360 g/mol. The van der Waals surface area contributed by atoms with E-state index in [0.29, 0.717) is 29.5 Å². The topological polar surface area (TPSA) is 101 Å². The molecule has 0 spiro atoms. The molecule has 0 bridgehead atoms. The molecule has 0 unspecified atom stereocenters. The number of nitrogens with one attached hydrogen (secondary N) is 1. The molecule has 0 radical (unpaired) electrons. The van der Waals surface area contributed by atoms with E-state index in [9.17, 15) is 9.59 Å². The highest BCUT2D eigenvalue weighted by molar-refractivity contribution is 6.33. The first kappa shape index (κ1) is 17.2. The number of hydrogen-bond donors (Lipinski definition) is 2. The molecule has 25 heavy (non-hydrogen) atoms. The maximum atomic E-state index is 12.4. The standard InChI is InChI=1S/C17H18ClN5O2/c18-14-9-12(15(19)24)10-21-16(14)22-13-3-7-23(8-4-13)17(25)11-1-5-20-6-2-11/h1-2,5-6,9-10,13H,3-4,7-8H2,(H2,19,24)(H,21,22). The Morgan fingerprint density at radius 1 is 1.20 bits per heavy atom. The molecule has 0 atom stereocenters. The lowest BCUT2D eigenvalue weighted by Gasteiger charge is -2.32. The van der Waals surface area contributed by atoms with Gasteiger partial charge in [-0.1, -0.05) is 11.6 Å². The van der Waals surface area contributed by atoms with E-state index in [2.05, 4.69) is 15.3 Å². The number of carbonyl (C=O) groups excluding carboxylic acids is 2. The van der Waals surface area contributed by atoms with Gasteiger partial charge in [0.25, 0.3) is 5.91 Å². The van der Waals surface area contributed by atoms with Gasteiger partial charge in [0.1, 0.15) is 5.82 Å². The van der Waals surface area contributed by atoms with Crippen molar-refractivity contribution in [2.45, 2.75) is 18.9 Å². The van der Waals surface area contributed by atoms with Crippen LogP contribution in [0.3, 0.4) is 0 Å². The number of amides is 2. The highest BCUT2D eigenvalue weighted by atomic mass is 35.5. The molecule has 1 fully saturated rings. The predicted molar refractivity (Wildman–Crippen MR) is 94.6 cm³/mol. The second kappa shape index (κ2) is 7.48. The normalized spacial score (nSPS) is 15.0. The van der Waals surface area contributed by atoms with Crippen LogP contribution in [0, 0.1) is 0 Å². The molecule has 0 aromatic carbocycles. The van der Waals surface area contributed by atoms with Crippen LogP contribution in [0.25, 0.3) is 0 Å². The summed E-state index contributed by atoms with van der Waals surface area (Å²) in [4.78, 5) is 33.5. The molecule has 7 nitrogen and oxygen atoms in total. The summed E-state index contributed by atoms with van der Waals surface area (Å²) in [6, 6.07) is 5.10. The monoisotopic (exact) mass is 359 g/mol. The van der Waals surface area contributed by atoms with Crippen molar-refractivity contribution < 1.29 is 9.59 Å². The lowest BCUT2D eigenvalue weighted by Crippen LogP contribution is -2.42. The number of pyridine rings is 2. The predicted octanol–water partition coefficient (Wildman–Crippen LogP) is 1.95. The molecule has 130 valence electrons. The Balaban J connectivity index is 1.58. The van der Waals surface area contributed by atoms with Gasteiger partial charge >= 0.3 is 0 Å². The number of rotatable bonds is 4. The third-order valence-corrected chi connectivity index (χ3v) is 4.46. The van der Waals surface area contributed by atoms with Crippen LogP contribution in [0.1, 0.15) is 33.6 Å². The molecule has 2 aromatic heterocycles. The van der Waals surface area contributed by atoms with E-state index in [0.717, 1.165) is 12.8 Å². The molecule has 0 aliphatic carbocycles. The van der Waals surface area contributed by atoms with Crippen LogP contribution in [0.2, 0.25) is 5.02 Å². The number of anilines is 1. The first-order valence-electron chi connectivity index (χ1n) is 7.96. The van der Waals surface area contributed by atoms with Crippen LogP contribution < -0.4 is 11.1 Å². The van der Waals surface area contributed by atoms with E-state index in [1.165, 1.54) is 12.3 Å². The lowest BCUT2D eigenvalue weighted by atomic mass is 10.0. The first-order chi connectivity index (χ1) is 12.0. The van der Waals surface area contributed by atoms with Gasteiger partial charge in [0, 0.05) is 43.3 Å². The Bertz CT molecular complexity index is 776. The molecular weight excluding hydrogens is 342 g/mol. The quantitative estimate of drug-likeness (QED) is 0.868. The van der Waals surface area contributed by atoms with E-state index < -0.39 is 5.91 Å². The van der Waals surface area contributed by atoms with E-state index in [1.807, 2.05) is 4.90 Å². The zero-order valence-corrected chi connectivity index (χ0v) is 14.2. The second-order valence-corrected chi connectivity index (χ2v) is 6.27. The molecule has 8 heteroatoms. The van der Waals surface area contributed by atoms with Crippen LogP contribution in [-0.4, -0.2) is 45.8 Å². The van der Waals surface area contributed by atoms with Crippen molar-refractivity contribution >= 4 is 29.2 Å². The summed E-state index contributed by atoms with van der Waals surface area (Å²) in [7, 11) is 0. The molecule has 3 heterocycles. The van der Waals surface area contributed by atoms with Gasteiger partial charge < -0.3 is 16.0 Å². The number of nitrogens with two attached hydrogens (primary N) is 1. The summed E-state index contributed by atoms with van der Waals surface area (Å²) in [5.74, 6) is -0.0303. The minimum absolute atomic E-state index is 0.0165. The Labute approximate surface area is 150 Å². The van der Waals surface area contributed by atoms with Gasteiger partial charge in [-0.3, -0.25) is 14.6 Å². The van der Waals surface area contributed by atoms with Crippen molar-refractivity contribution in [3.8, 4) is 0 Å². The number of hydrogen-bond acceptors (Lipinski definition) is 5. The number of aromatic nitrogens is 2. The summed E-state index contributed by atoms with van der Waals surface area (Å²) < 4.78 is 0. The maximum absolute atomic E-state index is 12.4. The number of primary amides is 1. The van der Waals surface area contributed by atoms with E-state index in [1.54, 1.807) is 24.5 Å². The van der Waals surface area contributed by atoms with Crippen molar-refractivity contribution in [1.29, 1.82) is 0 Å². The van der Waals surface area contributed by atoms with Crippen molar-refractivity contribution in [2.24, 2.45) is 5.73 Å². The minimum atomic E-state index is -0.566. The third kappa shape index (κ3) is 4.06. The Morgan fingerprint density at radius 2 is 1.88 bits per heavy atom. The molecule has 3 N–H and O–H groups in total. The highest BCUT2D eigenvalue weighted by Gasteiger charge is 2.24. The maximum Gasteiger partial charge on any atom is 0.253 e. The molecule has 2 amide bonds. The van der Waals surface area contributed by atoms with Crippen LogP contribution >= 0.6 is 11.6 Å². The third-order valence-electron chi connectivity index (χ3n) is 4.18. The molecule has 3 rings (SSSR count). The number of likely N-dealkylation sites (tertiary alicyclic amines) is 1. The van der Waals surface area contributed by atoms with Gasteiger partial charge in [0.2, 0.25) is 5.91 Å². The number of halogens is 1. The fourth-order valence-electron chi connectivity index (χ4n) is 2.78.